The minimum absolute atomic E-state index is 0.370. The van der Waals surface area contributed by atoms with Gasteiger partial charge in [-0.1, -0.05) is 36.4 Å². The summed E-state index contributed by atoms with van der Waals surface area (Å²) >= 11 is 3.59. The lowest BCUT2D eigenvalue weighted by atomic mass is 10.1. The van der Waals surface area contributed by atoms with Crippen LogP contribution in [0.1, 0.15) is 11.1 Å². The molecule has 7 aromatic rings. The zero-order valence-electron chi connectivity index (χ0n) is 19.5. The van der Waals surface area contributed by atoms with Gasteiger partial charge in [0.25, 0.3) is 0 Å². The molecule has 0 bridgehead atoms. The summed E-state index contributed by atoms with van der Waals surface area (Å²) in [4.78, 5) is 2.18. The summed E-state index contributed by atoms with van der Waals surface area (Å²) in [5.74, 6) is 0. The molecule has 172 valence electrons. The number of nitrogens with zero attached hydrogens (tertiary/aromatic N) is 3. The SMILES string of the molecule is N#Cc1ccc(N(c2ccc3sc4ccccc4c3c2)c2ccc3sc4ccccc4c3c2)cc1C#N. The molecule has 0 fully saturated rings. The molecule has 0 aliphatic heterocycles. The fourth-order valence-corrected chi connectivity index (χ4v) is 7.19. The molecule has 0 saturated carbocycles. The smallest absolute Gasteiger partial charge is 0.101 e. The highest BCUT2D eigenvalue weighted by Crippen LogP contribution is 2.43. The van der Waals surface area contributed by atoms with Crippen molar-refractivity contribution in [3.8, 4) is 12.1 Å². The first kappa shape index (κ1) is 21.6. The maximum Gasteiger partial charge on any atom is 0.101 e. The monoisotopic (exact) mass is 507 g/mol. The molecule has 0 spiro atoms. The van der Waals surface area contributed by atoms with Crippen LogP contribution in [0.5, 0.6) is 0 Å². The number of rotatable bonds is 3. The highest BCUT2D eigenvalue weighted by molar-refractivity contribution is 7.26. The van der Waals surface area contributed by atoms with Crippen molar-refractivity contribution in [3.05, 3.63) is 114 Å². The Hall–Kier alpha value is -4.68. The predicted molar refractivity (Wildman–Crippen MR) is 156 cm³/mol. The third-order valence-corrected chi connectivity index (χ3v) is 9.04. The van der Waals surface area contributed by atoms with E-state index in [2.05, 4.69) is 102 Å². The standard InChI is InChI=1S/C32H17N3S2/c33-18-20-9-10-22(15-21(20)19-34)35(23-11-13-31-27(16-23)25-5-1-3-7-29(25)36-31)24-12-14-32-28(17-24)26-6-2-4-8-30(26)37-32/h1-17H. The molecule has 0 N–H and O–H groups in total. The fourth-order valence-electron chi connectivity index (χ4n) is 5.01. The van der Waals surface area contributed by atoms with Crippen LogP contribution in [-0.2, 0) is 0 Å². The number of hydrogen-bond acceptors (Lipinski definition) is 5. The van der Waals surface area contributed by atoms with Gasteiger partial charge in [0.2, 0.25) is 0 Å². The highest BCUT2D eigenvalue weighted by Gasteiger charge is 2.18. The summed E-state index contributed by atoms with van der Waals surface area (Å²) < 4.78 is 5.00. The van der Waals surface area contributed by atoms with Crippen LogP contribution in [0.25, 0.3) is 40.3 Å². The molecule has 3 nitrogen and oxygen atoms in total. The van der Waals surface area contributed by atoms with Crippen LogP contribution in [0.3, 0.4) is 0 Å². The van der Waals surface area contributed by atoms with Gasteiger partial charge in [0.05, 0.1) is 11.1 Å². The summed E-state index contributed by atoms with van der Waals surface area (Å²) in [6.45, 7) is 0. The van der Waals surface area contributed by atoms with Crippen molar-refractivity contribution in [2.75, 3.05) is 4.90 Å². The van der Waals surface area contributed by atoms with Gasteiger partial charge >= 0.3 is 0 Å². The van der Waals surface area contributed by atoms with E-state index in [0.29, 0.717) is 11.1 Å². The van der Waals surface area contributed by atoms with Crippen LogP contribution in [0.4, 0.5) is 17.1 Å². The minimum atomic E-state index is 0.370. The van der Waals surface area contributed by atoms with E-state index in [4.69, 9.17) is 0 Å². The first-order valence-corrected chi connectivity index (χ1v) is 13.4. The summed E-state index contributed by atoms with van der Waals surface area (Å²) in [5.41, 5.74) is 3.60. The van der Waals surface area contributed by atoms with Crippen molar-refractivity contribution in [2.24, 2.45) is 0 Å². The Morgan fingerprint density at radius 2 is 0.919 bits per heavy atom. The molecule has 0 radical (unpaired) electrons. The molecule has 7 rings (SSSR count). The van der Waals surface area contributed by atoms with Crippen LogP contribution in [-0.4, -0.2) is 0 Å². The maximum absolute atomic E-state index is 9.74. The Labute approximate surface area is 221 Å². The topological polar surface area (TPSA) is 50.8 Å². The largest absolute Gasteiger partial charge is 0.310 e. The molecule has 0 aliphatic rings. The number of thiophene rings is 2. The maximum atomic E-state index is 9.74. The molecule has 0 unspecified atom stereocenters. The Kier molecular flexibility index (Phi) is 4.94. The molecule has 2 heterocycles. The summed E-state index contributed by atoms with van der Waals surface area (Å²) in [6, 6.07) is 39.8. The lowest BCUT2D eigenvalue weighted by Gasteiger charge is -2.26. The van der Waals surface area contributed by atoms with E-state index in [1.807, 2.05) is 12.1 Å². The Bertz CT molecular complexity index is 1970. The van der Waals surface area contributed by atoms with Crippen LogP contribution in [0.15, 0.2) is 103 Å². The van der Waals surface area contributed by atoms with Crippen molar-refractivity contribution < 1.29 is 0 Å². The van der Waals surface area contributed by atoms with E-state index in [0.717, 1.165) is 17.1 Å². The fraction of sp³-hybridized carbons (Fsp3) is 0. The molecule has 5 aromatic carbocycles. The number of benzene rings is 5. The molecule has 0 aliphatic carbocycles. The van der Waals surface area contributed by atoms with Crippen molar-refractivity contribution in [2.45, 2.75) is 0 Å². The average molecular weight is 508 g/mol. The van der Waals surface area contributed by atoms with Gasteiger partial charge in [-0.05, 0) is 66.7 Å². The van der Waals surface area contributed by atoms with Gasteiger partial charge in [-0.25, -0.2) is 0 Å². The van der Waals surface area contributed by atoms with E-state index in [1.165, 1.54) is 40.3 Å². The summed E-state index contributed by atoms with van der Waals surface area (Å²) in [6.07, 6.45) is 0. The summed E-state index contributed by atoms with van der Waals surface area (Å²) in [7, 11) is 0. The second-order valence-electron chi connectivity index (χ2n) is 8.85. The van der Waals surface area contributed by atoms with Crippen LogP contribution in [0.2, 0.25) is 0 Å². The second kappa shape index (κ2) is 8.47. The van der Waals surface area contributed by atoms with Gasteiger partial charge < -0.3 is 4.90 Å². The Morgan fingerprint density at radius 1 is 0.459 bits per heavy atom. The van der Waals surface area contributed by atoms with Gasteiger partial charge in [0, 0.05) is 57.4 Å². The van der Waals surface area contributed by atoms with E-state index in [-0.39, 0.29) is 0 Å². The molecule has 0 saturated heterocycles. The molecule has 2 aromatic heterocycles. The van der Waals surface area contributed by atoms with Gasteiger partial charge in [0.15, 0.2) is 0 Å². The molecule has 5 heteroatoms. The first-order chi connectivity index (χ1) is 18.2. The highest BCUT2D eigenvalue weighted by atomic mass is 32.1. The van der Waals surface area contributed by atoms with E-state index < -0.39 is 0 Å². The van der Waals surface area contributed by atoms with Crippen LogP contribution < -0.4 is 4.90 Å². The molecule has 0 atom stereocenters. The number of fused-ring (bicyclic) bond motifs is 6. The van der Waals surface area contributed by atoms with Crippen molar-refractivity contribution in [1.82, 2.24) is 0 Å². The third kappa shape index (κ3) is 3.45. The number of hydrogen-bond donors (Lipinski definition) is 0. The third-order valence-electron chi connectivity index (χ3n) is 6.74. The second-order valence-corrected chi connectivity index (χ2v) is 11.0. The molecular weight excluding hydrogens is 491 g/mol. The quantitative estimate of drug-likeness (QED) is 0.239. The zero-order valence-corrected chi connectivity index (χ0v) is 21.1. The number of anilines is 3. The molecule has 37 heavy (non-hydrogen) atoms. The Morgan fingerprint density at radius 3 is 1.46 bits per heavy atom. The van der Waals surface area contributed by atoms with Gasteiger partial charge in [-0.3, -0.25) is 0 Å². The van der Waals surface area contributed by atoms with Gasteiger partial charge in [-0.15, -0.1) is 22.7 Å². The van der Waals surface area contributed by atoms with E-state index >= 15 is 0 Å². The van der Waals surface area contributed by atoms with E-state index in [1.54, 1.807) is 28.7 Å². The molecular formula is C32H17N3S2. The van der Waals surface area contributed by atoms with Crippen molar-refractivity contribution in [3.63, 3.8) is 0 Å². The van der Waals surface area contributed by atoms with Gasteiger partial charge in [-0.2, -0.15) is 10.5 Å². The zero-order chi connectivity index (χ0) is 24.9. The van der Waals surface area contributed by atoms with Gasteiger partial charge in [0.1, 0.15) is 12.1 Å². The average Bonchev–Trinajstić information content (AvgIpc) is 3.51. The van der Waals surface area contributed by atoms with Crippen LogP contribution in [0, 0.1) is 22.7 Å². The Balaban J connectivity index is 1.50. The first-order valence-electron chi connectivity index (χ1n) is 11.8. The lowest BCUT2D eigenvalue weighted by molar-refractivity contribution is 1.29. The van der Waals surface area contributed by atoms with Crippen molar-refractivity contribution >= 4 is 80.1 Å². The van der Waals surface area contributed by atoms with Crippen molar-refractivity contribution in [1.29, 1.82) is 10.5 Å². The number of nitriles is 2. The van der Waals surface area contributed by atoms with E-state index in [9.17, 15) is 10.5 Å². The lowest BCUT2D eigenvalue weighted by Crippen LogP contribution is -2.10. The predicted octanol–water partition coefficient (Wildman–Crippen LogP) is 9.64. The minimum Gasteiger partial charge on any atom is -0.310 e. The van der Waals surface area contributed by atoms with Crippen LogP contribution >= 0.6 is 22.7 Å². The molecule has 0 amide bonds. The summed E-state index contributed by atoms with van der Waals surface area (Å²) in [5, 5.41) is 24.1. The normalized spacial score (nSPS) is 11.2.